The Morgan fingerprint density at radius 2 is 2.20 bits per heavy atom. The largest absolute Gasteiger partial charge is 0.476 e. The van der Waals surface area contributed by atoms with Crippen LogP contribution in [0.2, 0.25) is 0 Å². The molecule has 2 heterocycles. The van der Waals surface area contributed by atoms with Gasteiger partial charge in [0.25, 0.3) is 0 Å². The van der Waals surface area contributed by atoms with E-state index in [2.05, 4.69) is 9.88 Å². The van der Waals surface area contributed by atoms with Crippen molar-refractivity contribution in [2.24, 2.45) is 0 Å². The second-order valence-electron chi connectivity index (χ2n) is 3.42. The Morgan fingerprint density at radius 3 is 2.73 bits per heavy atom. The van der Waals surface area contributed by atoms with Gasteiger partial charge in [-0.25, -0.2) is 9.78 Å². The molecule has 1 aromatic heterocycles. The molecule has 1 radical (unpaired) electrons. The normalized spacial score (nSPS) is 16.3. The molecule has 1 aliphatic heterocycles. The molecule has 1 saturated heterocycles. The number of carboxylic acids is 1. The standard InChI is InChI=1S/C9H12N2O2S.Li/c12-9(13)8-10-5-7(14-8)6-11-3-1-2-4-11;/h5H,1-4,6H2,(H,12,13);. The van der Waals surface area contributed by atoms with Gasteiger partial charge in [-0.1, -0.05) is 0 Å². The number of hydrogen-bond donors (Lipinski definition) is 1. The van der Waals surface area contributed by atoms with E-state index >= 15 is 0 Å². The SMILES string of the molecule is O=C(O)c1ncc(CN2CCCC2)s1.[Li]. The van der Waals surface area contributed by atoms with Crippen LogP contribution in [0.25, 0.3) is 0 Å². The third-order valence-electron chi connectivity index (χ3n) is 2.31. The summed E-state index contributed by atoms with van der Waals surface area (Å²) in [5.41, 5.74) is 0. The van der Waals surface area contributed by atoms with Gasteiger partial charge in [0, 0.05) is 36.5 Å². The van der Waals surface area contributed by atoms with Gasteiger partial charge in [0.05, 0.1) is 0 Å². The predicted molar refractivity (Wildman–Crippen MR) is 59.3 cm³/mol. The molecule has 0 spiro atoms. The number of aromatic nitrogens is 1. The molecular weight excluding hydrogens is 207 g/mol. The van der Waals surface area contributed by atoms with Crippen molar-refractivity contribution in [3.63, 3.8) is 0 Å². The third-order valence-corrected chi connectivity index (χ3v) is 3.28. The van der Waals surface area contributed by atoms with Gasteiger partial charge in [0.2, 0.25) is 5.01 Å². The van der Waals surface area contributed by atoms with Crippen molar-refractivity contribution in [2.45, 2.75) is 19.4 Å². The minimum atomic E-state index is -0.928. The fourth-order valence-corrected chi connectivity index (χ4v) is 2.43. The maximum Gasteiger partial charge on any atom is 0.365 e. The van der Waals surface area contributed by atoms with Gasteiger partial charge in [-0.3, -0.25) is 4.90 Å². The molecule has 0 unspecified atom stereocenters. The van der Waals surface area contributed by atoms with Crippen LogP contribution in [0.1, 0.15) is 27.5 Å². The van der Waals surface area contributed by atoms with E-state index in [1.807, 2.05) is 0 Å². The fraction of sp³-hybridized carbons (Fsp3) is 0.556. The number of aromatic carboxylic acids is 1. The zero-order valence-electron chi connectivity index (χ0n) is 8.77. The molecule has 0 aliphatic carbocycles. The van der Waals surface area contributed by atoms with Crippen molar-refractivity contribution in [2.75, 3.05) is 13.1 Å². The van der Waals surface area contributed by atoms with Gasteiger partial charge in [0.1, 0.15) is 0 Å². The van der Waals surface area contributed by atoms with Crippen LogP contribution >= 0.6 is 11.3 Å². The Hall–Kier alpha value is -0.343. The molecule has 0 amide bonds. The summed E-state index contributed by atoms with van der Waals surface area (Å²) in [6.07, 6.45) is 4.18. The Bertz CT molecular complexity index is 337. The molecule has 0 saturated carbocycles. The summed E-state index contributed by atoms with van der Waals surface area (Å²) < 4.78 is 0. The van der Waals surface area contributed by atoms with E-state index in [1.54, 1.807) is 6.20 Å². The summed E-state index contributed by atoms with van der Waals surface area (Å²) in [6, 6.07) is 0. The first-order valence-electron chi connectivity index (χ1n) is 4.66. The van der Waals surface area contributed by atoms with Gasteiger partial charge in [-0.05, 0) is 25.9 Å². The van der Waals surface area contributed by atoms with Crippen LogP contribution in [-0.2, 0) is 6.54 Å². The summed E-state index contributed by atoms with van der Waals surface area (Å²) in [5.74, 6) is -0.928. The quantitative estimate of drug-likeness (QED) is 0.772. The zero-order chi connectivity index (χ0) is 9.97. The first-order chi connectivity index (χ1) is 6.75. The number of rotatable bonds is 3. The summed E-state index contributed by atoms with van der Waals surface area (Å²) in [6.45, 7) is 3.10. The van der Waals surface area contributed by atoms with E-state index in [1.165, 1.54) is 24.2 Å². The molecule has 1 aliphatic rings. The fourth-order valence-electron chi connectivity index (χ4n) is 1.64. The van der Waals surface area contributed by atoms with Gasteiger partial charge in [-0.15, -0.1) is 11.3 Å². The molecule has 0 bridgehead atoms. The van der Waals surface area contributed by atoms with Crippen LogP contribution in [0, 0.1) is 0 Å². The Labute approximate surface area is 104 Å². The van der Waals surface area contributed by atoms with E-state index in [9.17, 15) is 4.79 Å². The van der Waals surface area contributed by atoms with Crippen molar-refractivity contribution in [3.8, 4) is 0 Å². The Morgan fingerprint density at radius 1 is 1.53 bits per heavy atom. The third kappa shape index (κ3) is 3.32. The second-order valence-corrected chi connectivity index (χ2v) is 4.54. The Kier molecular flexibility index (Phi) is 4.80. The van der Waals surface area contributed by atoms with E-state index in [0.29, 0.717) is 0 Å². The molecule has 77 valence electrons. The van der Waals surface area contributed by atoms with Crippen molar-refractivity contribution in [1.29, 1.82) is 0 Å². The number of thiazole rings is 1. The van der Waals surface area contributed by atoms with Crippen LogP contribution < -0.4 is 0 Å². The summed E-state index contributed by atoms with van der Waals surface area (Å²) in [4.78, 5) is 17.8. The summed E-state index contributed by atoms with van der Waals surface area (Å²) in [7, 11) is 0. The molecule has 1 fully saturated rings. The number of hydrogen-bond acceptors (Lipinski definition) is 4. The summed E-state index contributed by atoms with van der Waals surface area (Å²) >= 11 is 1.28. The van der Waals surface area contributed by atoms with E-state index in [4.69, 9.17) is 5.11 Å². The van der Waals surface area contributed by atoms with Gasteiger partial charge in [0.15, 0.2) is 0 Å². The number of carbonyl (C=O) groups is 1. The van der Waals surface area contributed by atoms with Crippen LogP contribution in [0.3, 0.4) is 0 Å². The smallest absolute Gasteiger partial charge is 0.365 e. The van der Waals surface area contributed by atoms with Crippen molar-refractivity contribution in [3.05, 3.63) is 16.1 Å². The minimum absolute atomic E-state index is 0. The second kappa shape index (κ2) is 5.66. The Balaban J connectivity index is 0.00000112. The first-order valence-corrected chi connectivity index (χ1v) is 5.48. The van der Waals surface area contributed by atoms with Gasteiger partial charge < -0.3 is 5.11 Å². The topological polar surface area (TPSA) is 53.4 Å². The van der Waals surface area contributed by atoms with Crippen LogP contribution in [0.5, 0.6) is 0 Å². The van der Waals surface area contributed by atoms with Crippen molar-refractivity contribution in [1.82, 2.24) is 9.88 Å². The van der Waals surface area contributed by atoms with E-state index in [-0.39, 0.29) is 23.9 Å². The number of carboxylic acid groups (broad SMARTS) is 1. The van der Waals surface area contributed by atoms with Gasteiger partial charge >= 0.3 is 5.97 Å². The molecule has 15 heavy (non-hydrogen) atoms. The van der Waals surface area contributed by atoms with Crippen LogP contribution in [0.15, 0.2) is 6.20 Å². The molecular formula is C9H12LiN2O2S. The van der Waals surface area contributed by atoms with Crippen molar-refractivity contribution >= 4 is 36.2 Å². The van der Waals surface area contributed by atoms with Crippen LogP contribution in [-0.4, -0.2) is 52.9 Å². The molecule has 4 nitrogen and oxygen atoms in total. The monoisotopic (exact) mass is 219 g/mol. The summed E-state index contributed by atoms with van der Waals surface area (Å²) in [5, 5.41) is 8.89. The van der Waals surface area contributed by atoms with Crippen molar-refractivity contribution < 1.29 is 9.90 Å². The average molecular weight is 219 g/mol. The van der Waals surface area contributed by atoms with E-state index < -0.39 is 5.97 Å². The van der Waals surface area contributed by atoms with Crippen LogP contribution in [0.4, 0.5) is 0 Å². The number of nitrogens with zero attached hydrogens (tertiary/aromatic N) is 2. The molecule has 0 atom stereocenters. The minimum Gasteiger partial charge on any atom is -0.476 e. The molecule has 6 heteroatoms. The zero-order valence-corrected chi connectivity index (χ0v) is 9.59. The van der Waals surface area contributed by atoms with Gasteiger partial charge in [-0.2, -0.15) is 0 Å². The maximum absolute atomic E-state index is 10.6. The molecule has 1 N–H and O–H groups in total. The molecule has 2 rings (SSSR count). The predicted octanol–water partition coefficient (Wildman–Crippen LogP) is 1.06. The average Bonchev–Trinajstić information content (AvgIpc) is 2.75. The molecule has 1 aromatic rings. The first kappa shape index (κ1) is 12.7. The number of likely N-dealkylation sites (tertiary alicyclic amines) is 1. The van der Waals surface area contributed by atoms with E-state index in [0.717, 1.165) is 24.5 Å². The maximum atomic E-state index is 10.6. The molecule has 0 aromatic carbocycles.